The lowest BCUT2D eigenvalue weighted by atomic mass is 10.0. The van der Waals surface area contributed by atoms with E-state index in [4.69, 9.17) is 16.3 Å². The first-order valence-electron chi connectivity index (χ1n) is 10.2. The topological polar surface area (TPSA) is 75.6 Å². The maximum Gasteiger partial charge on any atom is 0.316 e. The molecule has 2 amide bonds. The smallest absolute Gasteiger partial charge is 0.316 e. The minimum absolute atomic E-state index is 0.00373. The Kier molecular flexibility index (Phi) is 5.90. The molecule has 8 heteroatoms. The molecule has 1 aromatic carbocycles. The van der Waals surface area contributed by atoms with Crippen molar-refractivity contribution in [2.75, 3.05) is 24.5 Å². The van der Waals surface area contributed by atoms with E-state index in [9.17, 15) is 9.59 Å². The Balaban J connectivity index is 1.39. The molecule has 158 valence electrons. The number of halogens is 1. The predicted octanol–water partition coefficient (Wildman–Crippen LogP) is 3.17. The van der Waals surface area contributed by atoms with Gasteiger partial charge in [-0.05, 0) is 49.9 Å². The fourth-order valence-corrected chi connectivity index (χ4v) is 4.12. The second kappa shape index (κ2) is 8.60. The molecule has 2 aliphatic heterocycles. The van der Waals surface area contributed by atoms with E-state index >= 15 is 0 Å². The van der Waals surface area contributed by atoms with E-state index < -0.39 is 0 Å². The van der Waals surface area contributed by atoms with Crippen LogP contribution in [0.1, 0.15) is 30.4 Å². The Morgan fingerprint density at radius 1 is 1.17 bits per heavy atom. The van der Waals surface area contributed by atoms with Gasteiger partial charge < -0.3 is 14.5 Å². The molecule has 2 fully saturated rings. The van der Waals surface area contributed by atoms with Gasteiger partial charge in [0.15, 0.2) is 0 Å². The van der Waals surface area contributed by atoms with Crippen LogP contribution in [0.2, 0.25) is 5.02 Å². The minimum atomic E-state index is -0.329. The summed E-state index contributed by atoms with van der Waals surface area (Å²) in [5.74, 6) is -0.319. The number of nitrogens with zero attached hydrogens (tertiary/aromatic N) is 4. The normalized spacial score (nSPS) is 21.8. The van der Waals surface area contributed by atoms with E-state index in [-0.39, 0.29) is 36.3 Å². The molecule has 0 aliphatic carbocycles. The van der Waals surface area contributed by atoms with Crippen LogP contribution in [0.25, 0.3) is 0 Å². The van der Waals surface area contributed by atoms with Gasteiger partial charge >= 0.3 is 6.01 Å². The molecule has 0 radical (unpaired) electrons. The first-order valence-corrected chi connectivity index (χ1v) is 10.6. The molecule has 4 rings (SSSR count). The number of hydrogen-bond donors (Lipinski definition) is 0. The zero-order valence-electron chi connectivity index (χ0n) is 17.2. The molecule has 2 unspecified atom stereocenters. The SMILES string of the molecule is Cc1ccc(N2CC(C(=O)N3CCCC(Oc4ncc(Cl)cn4)C3)CC2=O)cc1C. The van der Waals surface area contributed by atoms with E-state index in [1.165, 1.54) is 18.0 Å². The molecule has 0 N–H and O–H groups in total. The number of piperidine rings is 1. The van der Waals surface area contributed by atoms with Gasteiger partial charge in [0.1, 0.15) is 6.10 Å². The second-order valence-corrected chi connectivity index (χ2v) is 8.46. The van der Waals surface area contributed by atoms with Crippen LogP contribution in [-0.2, 0) is 9.59 Å². The molecule has 2 atom stereocenters. The third kappa shape index (κ3) is 4.41. The molecular weight excluding hydrogens is 404 g/mol. The third-order valence-corrected chi connectivity index (χ3v) is 6.03. The summed E-state index contributed by atoms with van der Waals surface area (Å²) < 4.78 is 5.84. The number of rotatable bonds is 4. The van der Waals surface area contributed by atoms with Crippen LogP contribution in [0, 0.1) is 19.8 Å². The Labute approximate surface area is 181 Å². The average molecular weight is 429 g/mol. The number of benzene rings is 1. The fraction of sp³-hybridized carbons (Fsp3) is 0.455. The fourth-order valence-electron chi connectivity index (χ4n) is 4.02. The van der Waals surface area contributed by atoms with Gasteiger partial charge in [-0.25, -0.2) is 9.97 Å². The maximum absolute atomic E-state index is 13.1. The van der Waals surface area contributed by atoms with Crippen molar-refractivity contribution in [3.8, 4) is 6.01 Å². The largest absolute Gasteiger partial charge is 0.458 e. The van der Waals surface area contributed by atoms with Crippen molar-refractivity contribution >= 4 is 29.1 Å². The molecule has 0 bridgehead atoms. The van der Waals surface area contributed by atoms with Gasteiger partial charge in [0, 0.05) is 25.2 Å². The number of aromatic nitrogens is 2. The number of anilines is 1. The van der Waals surface area contributed by atoms with Gasteiger partial charge in [-0.1, -0.05) is 17.7 Å². The molecule has 2 aliphatic rings. The summed E-state index contributed by atoms with van der Waals surface area (Å²) in [6.45, 7) is 5.64. The van der Waals surface area contributed by atoms with Crippen LogP contribution in [0.3, 0.4) is 0 Å². The van der Waals surface area contributed by atoms with Crippen molar-refractivity contribution in [2.24, 2.45) is 5.92 Å². The first-order chi connectivity index (χ1) is 14.4. The number of likely N-dealkylation sites (tertiary alicyclic amines) is 1. The number of carbonyl (C=O) groups excluding carboxylic acids is 2. The van der Waals surface area contributed by atoms with E-state index in [1.807, 2.05) is 36.9 Å². The first kappa shape index (κ1) is 20.6. The summed E-state index contributed by atoms with van der Waals surface area (Å²) in [5, 5.41) is 0.446. The van der Waals surface area contributed by atoms with Gasteiger partial charge in [0.25, 0.3) is 0 Å². The zero-order chi connectivity index (χ0) is 21.3. The highest BCUT2D eigenvalue weighted by Gasteiger charge is 2.38. The lowest BCUT2D eigenvalue weighted by Crippen LogP contribution is -2.47. The van der Waals surface area contributed by atoms with Crippen molar-refractivity contribution in [2.45, 2.75) is 39.2 Å². The highest BCUT2D eigenvalue weighted by Crippen LogP contribution is 2.29. The van der Waals surface area contributed by atoms with Gasteiger partial charge in [-0.3, -0.25) is 9.59 Å². The Bertz CT molecular complexity index is 950. The highest BCUT2D eigenvalue weighted by molar-refractivity contribution is 6.30. The van der Waals surface area contributed by atoms with Gasteiger partial charge in [0.2, 0.25) is 11.8 Å². The molecule has 7 nitrogen and oxygen atoms in total. The van der Waals surface area contributed by atoms with Gasteiger partial charge in [-0.2, -0.15) is 0 Å². The molecule has 2 saturated heterocycles. The third-order valence-electron chi connectivity index (χ3n) is 5.83. The van der Waals surface area contributed by atoms with E-state index in [0.29, 0.717) is 24.7 Å². The number of ether oxygens (including phenoxy) is 1. The Morgan fingerprint density at radius 2 is 1.93 bits per heavy atom. The van der Waals surface area contributed by atoms with E-state index in [2.05, 4.69) is 9.97 Å². The van der Waals surface area contributed by atoms with Crippen molar-refractivity contribution in [1.82, 2.24) is 14.9 Å². The zero-order valence-corrected chi connectivity index (χ0v) is 17.9. The standard InChI is InChI=1S/C22H25ClN4O3/c1-14-5-6-18(8-15(14)2)27-12-16(9-20(27)28)21(29)26-7-3-4-19(13-26)30-22-24-10-17(23)11-25-22/h5-6,8,10-11,16,19H,3-4,7,9,12-13H2,1-2H3. The number of amides is 2. The molecule has 2 aromatic rings. The van der Waals surface area contributed by atoms with Crippen LogP contribution < -0.4 is 9.64 Å². The number of carbonyl (C=O) groups is 2. The molecule has 3 heterocycles. The molecular formula is C22H25ClN4O3. The van der Waals surface area contributed by atoms with Crippen molar-refractivity contribution < 1.29 is 14.3 Å². The molecule has 30 heavy (non-hydrogen) atoms. The predicted molar refractivity (Wildman–Crippen MR) is 114 cm³/mol. The Hall–Kier alpha value is -2.67. The lowest BCUT2D eigenvalue weighted by molar-refractivity contribution is -0.138. The molecule has 0 saturated carbocycles. The van der Waals surface area contributed by atoms with Crippen LogP contribution in [0.15, 0.2) is 30.6 Å². The van der Waals surface area contributed by atoms with Crippen LogP contribution in [-0.4, -0.2) is 52.4 Å². The quantitative estimate of drug-likeness (QED) is 0.747. The van der Waals surface area contributed by atoms with Crippen LogP contribution >= 0.6 is 11.6 Å². The summed E-state index contributed by atoms with van der Waals surface area (Å²) in [7, 11) is 0. The monoisotopic (exact) mass is 428 g/mol. The average Bonchev–Trinajstić information content (AvgIpc) is 3.13. The summed E-state index contributed by atoms with van der Waals surface area (Å²) in [6.07, 6.45) is 4.72. The van der Waals surface area contributed by atoms with Crippen molar-refractivity contribution in [3.05, 3.63) is 46.7 Å². The second-order valence-electron chi connectivity index (χ2n) is 8.02. The highest BCUT2D eigenvalue weighted by atomic mass is 35.5. The number of hydrogen-bond acceptors (Lipinski definition) is 5. The molecule has 1 aromatic heterocycles. The van der Waals surface area contributed by atoms with Crippen molar-refractivity contribution in [1.29, 1.82) is 0 Å². The van der Waals surface area contributed by atoms with E-state index in [1.54, 1.807) is 4.90 Å². The molecule has 0 spiro atoms. The van der Waals surface area contributed by atoms with E-state index in [0.717, 1.165) is 24.1 Å². The van der Waals surface area contributed by atoms with Gasteiger partial charge in [0.05, 0.1) is 29.9 Å². The summed E-state index contributed by atoms with van der Waals surface area (Å²) in [6, 6.07) is 6.23. The van der Waals surface area contributed by atoms with Crippen molar-refractivity contribution in [3.63, 3.8) is 0 Å². The lowest BCUT2D eigenvalue weighted by Gasteiger charge is -2.33. The summed E-state index contributed by atoms with van der Waals surface area (Å²) in [4.78, 5) is 37.4. The minimum Gasteiger partial charge on any atom is -0.458 e. The summed E-state index contributed by atoms with van der Waals surface area (Å²) in [5.41, 5.74) is 3.18. The Morgan fingerprint density at radius 3 is 2.67 bits per heavy atom. The van der Waals surface area contributed by atoms with Gasteiger partial charge in [-0.15, -0.1) is 0 Å². The number of aryl methyl sites for hydroxylation is 2. The summed E-state index contributed by atoms with van der Waals surface area (Å²) >= 11 is 5.81. The van der Waals surface area contributed by atoms with Crippen LogP contribution in [0.5, 0.6) is 6.01 Å². The van der Waals surface area contributed by atoms with Crippen LogP contribution in [0.4, 0.5) is 5.69 Å². The maximum atomic E-state index is 13.1.